The molecule has 1 aliphatic rings. The highest BCUT2D eigenvalue weighted by atomic mass is 16.5. The summed E-state index contributed by atoms with van der Waals surface area (Å²) >= 11 is 0. The topological polar surface area (TPSA) is 90.4 Å². The molecule has 1 saturated carbocycles. The maximum Gasteiger partial charge on any atom is 0.333 e. The summed E-state index contributed by atoms with van der Waals surface area (Å²) in [5, 5.41) is 9.30. The minimum absolute atomic E-state index is 0.268. The predicted molar refractivity (Wildman–Crippen MR) is 97.3 cm³/mol. The first-order valence-electron chi connectivity index (χ1n) is 9.38. The standard InChI is InChI=1S/C19H33N3O3/c1-14(11-20)25-17(18(23)24)10-16-12-22(13-21-16)9-6-15-4-7-19(2,3)8-5-15/h12-15,17H,4-11,20H2,1-3H3,(H,23,24)/t14-,17+/m1/s1. The van der Waals surface area contributed by atoms with E-state index < -0.39 is 12.1 Å². The van der Waals surface area contributed by atoms with Gasteiger partial charge in [-0.25, -0.2) is 9.78 Å². The van der Waals surface area contributed by atoms with Crippen LogP contribution in [0.15, 0.2) is 12.5 Å². The Kier molecular flexibility index (Phi) is 7.02. The summed E-state index contributed by atoms with van der Waals surface area (Å²) in [5.41, 5.74) is 6.76. The van der Waals surface area contributed by atoms with Crippen molar-refractivity contribution < 1.29 is 14.6 Å². The maximum atomic E-state index is 11.3. The molecular weight excluding hydrogens is 318 g/mol. The van der Waals surface area contributed by atoms with Crippen molar-refractivity contribution in [1.29, 1.82) is 0 Å². The van der Waals surface area contributed by atoms with Crippen molar-refractivity contribution in [2.45, 2.75) is 78.0 Å². The lowest BCUT2D eigenvalue weighted by Gasteiger charge is -2.34. The number of hydrogen-bond donors (Lipinski definition) is 2. The van der Waals surface area contributed by atoms with E-state index in [9.17, 15) is 9.90 Å². The van der Waals surface area contributed by atoms with Gasteiger partial charge in [-0.2, -0.15) is 0 Å². The number of aromatic nitrogens is 2. The molecule has 0 aliphatic heterocycles. The lowest BCUT2D eigenvalue weighted by Crippen LogP contribution is -2.33. The highest BCUT2D eigenvalue weighted by Crippen LogP contribution is 2.39. The van der Waals surface area contributed by atoms with Gasteiger partial charge in [0.1, 0.15) is 0 Å². The average molecular weight is 351 g/mol. The smallest absolute Gasteiger partial charge is 0.333 e. The van der Waals surface area contributed by atoms with Gasteiger partial charge in [-0.1, -0.05) is 13.8 Å². The molecule has 142 valence electrons. The molecule has 0 amide bonds. The van der Waals surface area contributed by atoms with Crippen LogP contribution in [0.5, 0.6) is 0 Å². The van der Waals surface area contributed by atoms with E-state index in [1.165, 1.54) is 25.7 Å². The van der Waals surface area contributed by atoms with E-state index >= 15 is 0 Å². The van der Waals surface area contributed by atoms with Gasteiger partial charge in [-0.3, -0.25) is 0 Å². The van der Waals surface area contributed by atoms with Gasteiger partial charge in [0.05, 0.1) is 18.1 Å². The SMILES string of the molecule is C[C@H](CN)O[C@@H](Cc1cn(CCC2CCC(C)(C)CC2)cn1)C(=O)O. The molecule has 0 bridgehead atoms. The zero-order valence-electron chi connectivity index (χ0n) is 15.8. The second-order valence-corrected chi connectivity index (χ2v) is 8.21. The fraction of sp³-hybridized carbons (Fsp3) is 0.789. The van der Waals surface area contributed by atoms with Gasteiger partial charge in [0.25, 0.3) is 0 Å². The number of ether oxygens (including phenoxy) is 1. The summed E-state index contributed by atoms with van der Waals surface area (Å²) in [5.74, 6) is -0.181. The second-order valence-electron chi connectivity index (χ2n) is 8.21. The van der Waals surface area contributed by atoms with Crippen LogP contribution in [0.4, 0.5) is 0 Å². The molecule has 1 fully saturated rings. The van der Waals surface area contributed by atoms with Gasteiger partial charge in [0, 0.05) is 25.7 Å². The number of hydrogen-bond acceptors (Lipinski definition) is 4. The number of carbonyl (C=O) groups is 1. The third-order valence-corrected chi connectivity index (χ3v) is 5.34. The molecule has 2 atom stereocenters. The van der Waals surface area contributed by atoms with E-state index in [4.69, 9.17) is 10.5 Å². The van der Waals surface area contributed by atoms with Crippen LogP contribution in [0.3, 0.4) is 0 Å². The van der Waals surface area contributed by atoms with Crippen LogP contribution >= 0.6 is 0 Å². The molecule has 6 heteroatoms. The van der Waals surface area contributed by atoms with Gasteiger partial charge in [0.15, 0.2) is 6.10 Å². The van der Waals surface area contributed by atoms with Crippen LogP contribution in [0.25, 0.3) is 0 Å². The molecule has 0 spiro atoms. The van der Waals surface area contributed by atoms with Crippen LogP contribution in [-0.2, 0) is 22.5 Å². The number of imidazole rings is 1. The van der Waals surface area contributed by atoms with E-state index in [0.29, 0.717) is 12.0 Å². The summed E-state index contributed by atoms with van der Waals surface area (Å²) in [6.07, 6.45) is 9.22. The number of nitrogens with two attached hydrogens (primary N) is 1. The maximum absolute atomic E-state index is 11.3. The normalized spacial score (nSPS) is 20.3. The van der Waals surface area contributed by atoms with Gasteiger partial charge >= 0.3 is 5.97 Å². The van der Waals surface area contributed by atoms with E-state index in [2.05, 4.69) is 23.4 Å². The Hall–Kier alpha value is -1.40. The molecule has 0 unspecified atom stereocenters. The van der Waals surface area contributed by atoms with Crippen molar-refractivity contribution in [1.82, 2.24) is 9.55 Å². The van der Waals surface area contributed by atoms with Crippen LogP contribution in [0.1, 0.15) is 58.6 Å². The Balaban J connectivity index is 1.82. The number of nitrogens with zero attached hydrogens (tertiary/aromatic N) is 2. The highest BCUT2D eigenvalue weighted by molar-refractivity contribution is 5.72. The van der Waals surface area contributed by atoms with E-state index in [-0.39, 0.29) is 12.5 Å². The molecule has 0 radical (unpaired) electrons. The molecule has 6 nitrogen and oxygen atoms in total. The third kappa shape index (κ3) is 6.44. The number of rotatable bonds is 9. The molecule has 1 aromatic rings. The minimum atomic E-state index is -0.973. The Morgan fingerprint density at radius 2 is 2.16 bits per heavy atom. The van der Waals surface area contributed by atoms with Crippen LogP contribution in [0, 0.1) is 11.3 Å². The first kappa shape index (κ1) is 19.9. The quantitative estimate of drug-likeness (QED) is 0.714. The first-order valence-corrected chi connectivity index (χ1v) is 9.38. The Morgan fingerprint density at radius 1 is 1.48 bits per heavy atom. The van der Waals surface area contributed by atoms with Crippen molar-refractivity contribution in [2.75, 3.05) is 6.54 Å². The van der Waals surface area contributed by atoms with Crippen molar-refractivity contribution in [3.8, 4) is 0 Å². The lowest BCUT2D eigenvalue weighted by atomic mass is 9.72. The number of carboxylic acids is 1. The number of carboxylic acid groups (broad SMARTS) is 1. The van der Waals surface area contributed by atoms with Crippen LogP contribution in [0.2, 0.25) is 0 Å². The fourth-order valence-corrected chi connectivity index (χ4v) is 3.43. The molecular formula is C19H33N3O3. The Morgan fingerprint density at radius 3 is 2.76 bits per heavy atom. The molecule has 25 heavy (non-hydrogen) atoms. The number of aryl methyl sites for hydroxylation is 1. The predicted octanol–water partition coefficient (Wildman–Crippen LogP) is 2.85. The first-order chi connectivity index (χ1) is 11.8. The highest BCUT2D eigenvalue weighted by Gasteiger charge is 2.26. The van der Waals surface area contributed by atoms with Gasteiger partial charge in [-0.15, -0.1) is 0 Å². The average Bonchev–Trinajstić information content (AvgIpc) is 3.00. The molecule has 1 aromatic heterocycles. The second kappa shape index (κ2) is 8.81. The summed E-state index contributed by atoms with van der Waals surface area (Å²) in [7, 11) is 0. The lowest BCUT2D eigenvalue weighted by molar-refractivity contribution is -0.153. The Labute approximate surface area is 150 Å². The van der Waals surface area contributed by atoms with E-state index in [0.717, 1.165) is 24.6 Å². The summed E-state index contributed by atoms with van der Waals surface area (Å²) < 4.78 is 7.54. The van der Waals surface area contributed by atoms with Crippen molar-refractivity contribution in [2.24, 2.45) is 17.1 Å². The van der Waals surface area contributed by atoms with Gasteiger partial charge < -0.3 is 20.1 Å². The van der Waals surface area contributed by atoms with E-state index in [1.807, 2.05) is 6.20 Å². The van der Waals surface area contributed by atoms with Crippen molar-refractivity contribution in [3.05, 3.63) is 18.2 Å². The van der Waals surface area contributed by atoms with Gasteiger partial charge in [0.2, 0.25) is 0 Å². The monoisotopic (exact) mass is 351 g/mol. The van der Waals surface area contributed by atoms with Crippen LogP contribution < -0.4 is 5.73 Å². The van der Waals surface area contributed by atoms with Crippen molar-refractivity contribution >= 4 is 5.97 Å². The number of aliphatic carboxylic acids is 1. The molecule has 3 N–H and O–H groups in total. The molecule has 0 aromatic carbocycles. The molecule has 1 heterocycles. The largest absolute Gasteiger partial charge is 0.479 e. The third-order valence-electron chi connectivity index (χ3n) is 5.34. The van der Waals surface area contributed by atoms with Crippen molar-refractivity contribution in [3.63, 3.8) is 0 Å². The fourth-order valence-electron chi connectivity index (χ4n) is 3.43. The molecule has 1 aliphatic carbocycles. The van der Waals surface area contributed by atoms with Crippen LogP contribution in [-0.4, -0.2) is 39.4 Å². The van der Waals surface area contributed by atoms with E-state index in [1.54, 1.807) is 13.3 Å². The van der Waals surface area contributed by atoms with Gasteiger partial charge in [-0.05, 0) is 50.4 Å². The molecule has 2 rings (SSSR count). The summed E-state index contributed by atoms with van der Waals surface area (Å²) in [6.45, 7) is 7.74. The minimum Gasteiger partial charge on any atom is -0.479 e. The summed E-state index contributed by atoms with van der Waals surface area (Å²) in [4.78, 5) is 15.7. The Bertz CT molecular complexity index is 546. The molecule has 0 saturated heterocycles. The zero-order chi connectivity index (χ0) is 18.4. The summed E-state index contributed by atoms with van der Waals surface area (Å²) in [6, 6.07) is 0. The zero-order valence-corrected chi connectivity index (χ0v) is 15.8.